The summed E-state index contributed by atoms with van der Waals surface area (Å²) < 4.78 is 32.7. The minimum Gasteiger partial charge on any atom is -0.497 e. The predicted molar refractivity (Wildman–Crippen MR) is 82.9 cm³/mol. The Balaban J connectivity index is 2.35. The Morgan fingerprint density at radius 2 is 2.10 bits per heavy atom. The molecule has 0 fully saturated rings. The van der Waals surface area contributed by atoms with E-state index in [1.165, 1.54) is 30.6 Å². The highest BCUT2D eigenvalue weighted by Crippen LogP contribution is 2.28. The molecule has 0 amide bonds. The first-order chi connectivity index (χ1) is 9.76. The molecule has 8 heteroatoms. The van der Waals surface area contributed by atoms with Crippen molar-refractivity contribution in [2.75, 3.05) is 12.8 Å². The number of aromatic nitrogens is 1. The standard InChI is InChI=1S/C13H17N3O3S2/c1-13(2,12-15-6-7-20-12)16-21(17,18)11-5-4-9(19-3)8-10(11)14/h4-8,16H,14H2,1-3H3. The lowest BCUT2D eigenvalue weighted by Crippen LogP contribution is -2.41. The smallest absolute Gasteiger partial charge is 0.243 e. The minimum atomic E-state index is -3.76. The molecule has 6 nitrogen and oxygen atoms in total. The van der Waals surface area contributed by atoms with Crippen LogP contribution in [0.3, 0.4) is 0 Å². The van der Waals surface area contributed by atoms with Crippen LogP contribution in [0.15, 0.2) is 34.7 Å². The van der Waals surface area contributed by atoms with Gasteiger partial charge in [-0.3, -0.25) is 0 Å². The highest BCUT2D eigenvalue weighted by molar-refractivity contribution is 7.89. The molecule has 3 N–H and O–H groups in total. The Hall–Kier alpha value is -1.64. The zero-order valence-electron chi connectivity index (χ0n) is 12.0. The van der Waals surface area contributed by atoms with Crippen molar-refractivity contribution >= 4 is 27.0 Å². The summed E-state index contributed by atoms with van der Waals surface area (Å²) in [5, 5.41) is 2.48. The summed E-state index contributed by atoms with van der Waals surface area (Å²) in [6, 6.07) is 4.46. The number of nitrogens with one attached hydrogen (secondary N) is 1. The summed E-state index contributed by atoms with van der Waals surface area (Å²) in [5.74, 6) is 0.505. The van der Waals surface area contributed by atoms with Gasteiger partial charge in [0.15, 0.2) is 0 Å². The number of hydrogen-bond acceptors (Lipinski definition) is 6. The molecule has 0 aliphatic heterocycles. The molecule has 2 rings (SSSR count). The maximum Gasteiger partial charge on any atom is 0.243 e. The van der Waals surface area contributed by atoms with Gasteiger partial charge in [0.25, 0.3) is 0 Å². The molecule has 21 heavy (non-hydrogen) atoms. The van der Waals surface area contributed by atoms with Gasteiger partial charge in [0, 0.05) is 17.6 Å². The van der Waals surface area contributed by atoms with Gasteiger partial charge < -0.3 is 10.5 Å². The van der Waals surface area contributed by atoms with Crippen LogP contribution in [0, 0.1) is 0 Å². The number of hydrogen-bond donors (Lipinski definition) is 2. The topological polar surface area (TPSA) is 94.3 Å². The highest BCUT2D eigenvalue weighted by atomic mass is 32.2. The Morgan fingerprint density at radius 3 is 2.62 bits per heavy atom. The molecule has 0 saturated carbocycles. The summed E-state index contributed by atoms with van der Waals surface area (Å²) in [4.78, 5) is 4.18. The molecule has 0 atom stereocenters. The first-order valence-electron chi connectivity index (χ1n) is 6.14. The summed E-state index contributed by atoms with van der Waals surface area (Å²) in [6.45, 7) is 3.51. The lowest BCUT2D eigenvalue weighted by atomic mass is 10.1. The van der Waals surface area contributed by atoms with E-state index in [0.29, 0.717) is 10.8 Å². The fraction of sp³-hybridized carbons (Fsp3) is 0.308. The van der Waals surface area contributed by atoms with Gasteiger partial charge in [-0.05, 0) is 26.0 Å². The Bertz CT molecular complexity index is 725. The van der Waals surface area contributed by atoms with Crippen LogP contribution in [-0.4, -0.2) is 20.5 Å². The Morgan fingerprint density at radius 1 is 1.38 bits per heavy atom. The lowest BCUT2D eigenvalue weighted by Gasteiger charge is -2.24. The molecular weight excluding hydrogens is 310 g/mol. The van der Waals surface area contributed by atoms with Crippen LogP contribution in [0.1, 0.15) is 18.9 Å². The third-order valence-electron chi connectivity index (χ3n) is 2.86. The fourth-order valence-electron chi connectivity index (χ4n) is 1.86. The second-order valence-electron chi connectivity index (χ2n) is 4.97. The van der Waals surface area contributed by atoms with E-state index in [0.717, 1.165) is 0 Å². The number of ether oxygens (including phenoxy) is 1. The molecule has 0 bridgehead atoms. The molecule has 0 aliphatic rings. The van der Waals surface area contributed by atoms with Crippen LogP contribution < -0.4 is 15.2 Å². The Labute approximate surface area is 128 Å². The largest absolute Gasteiger partial charge is 0.497 e. The summed E-state index contributed by atoms with van der Waals surface area (Å²) >= 11 is 1.39. The van der Waals surface area contributed by atoms with E-state index in [2.05, 4.69) is 9.71 Å². The molecule has 2 aromatic rings. The van der Waals surface area contributed by atoms with Crippen molar-refractivity contribution in [1.29, 1.82) is 0 Å². The van der Waals surface area contributed by atoms with Crippen LogP contribution in [0.2, 0.25) is 0 Å². The monoisotopic (exact) mass is 327 g/mol. The summed E-state index contributed by atoms with van der Waals surface area (Å²) in [6.07, 6.45) is 1.64. The molecule has 0 unspecified atom stereocenters. The van der Waals surface area contributed by atoms with E-state index in [4.69, 9.17) is 10.5 Å². The molecule has 1 aromatic heterocycles. The molecule has 1 aromatic carbocycles. The maximum atomic E-state index is 12.5. The quantitative estimate of drug-likeness (QED) is 0.819. The molecule has 0 aliphatic carbocycles. The van der Waals surface area contributed by atoms with Gasteiger partial charge in [-0.15, -0.1) is 11.3 Å². The number of sulfonamides is 1. The van der Waals surface area contributed by atoms with Crippen molar-refractivity contribution in [3.63, 3.8) is 0 Å². The predicted octanol–water partition coefficient (Wildman–Crippen LogP) is 1.95. The van der Waals surface area contributed by atoms with Crippen molar-refractivity contribution in [1.82, 2.24) is 9.71 Å². The SMILES string of the molecule is COc1ccc(S(=O)(=O)NC(C)(C)c2nccs2)c(N)c1. The van der Waals surface area contributed by atoms with Gasteiger partial charge in [-0.1, -0.05) is 0 Å². The van der Waals surface area contributed by atoms with Crippen molar-refractivity contribution in [2.45, 2.75) is 24.3 Å². The maximum absolute atomic E-state index is 12.5. The first kappa shape index (κ1) is 15.7. The normalized spacial score (nSPS) is 12.3. The number of methoxy groups -OCH3 is 1. The van der Waals surface area contributed by atoms with E-state index in [-0.39, 0.29) is 10.6 Å². The van der Waals surface area contributed by atoms with Gasteiger partial charge in [-0.25, -0.2) is 13.4 Å². The average molecular weight is 327 g/mol. The zero-order chi connectivity index (χ0) is 15.7. The number of nitrogens with zero attached hydrogens (tertiary/aromatic N) is 1. The van der Waals surface area contributed by atoms with E-state index >= 15 is 0 Å². The number of benzene rings is 1. The van der Waals surface area contributed by atoms with Gasteiger partial charge >= 0.3 is 0 Å². The van der Waals surface area contributed by atoms with E-state index < -0.39 is 15.6 Å². The number of anilines is 1. The molecular formula is C13H17N3O3S2. The molecule has 0 radical (unpaired) electrons. The zero-order valence-corrected chi connectivity index (χ0v) is 13.6. The average Bonchev–Trinajstić information content (AvgIpc) is 2.91. The summed E-state index contributed by atoms with van der Waals surface area (Å²) in [5.41, 5.74) is 5.12. The van der Waals surface area contributed by atoms with Crippen LogP contribution in [0.25, 0.3) is 0 Å². The van der Waals surface area contributed by atoms with Gasteiger partial charge in [0.2, 0.25) is 10.0 Å². The summed E-state index contributed by atoms with van der Waals surface area (Å²) in [7, 11) is -2.27. The van der Waals surface area contributed by atoms with Crippen LogP contribution in [0.4, 0.5) is 5.69 Å². The van der Waals surface area contributed by atoms with E-state index in [9.17, 15) is 8.42 Å². The van der Waals surface area contributed by atoms with Crippen molar-refractivity contribution in [3.05, 3.63) is 34.8 Å². The van der Waals surface area contributed by atoms with E-state index in [1.54, 1.807) is 31.5 Å². The van der Waals surface area contributed by atoms with Gasteiger partial charge in [-0.2, -0.15) is 4.72 Å². The van der Waals surface area contributed by atoms with Gasteiger partial charge in [0.1, 0.15) is 15.7 Å². The molecule has 0 saturated heterocycles. The van der Waals surface area contributed by atoms with Gasteiger partial charge in [0.05, 0.1) is 18.3 Å². The Kier molecular flexibility index (Phi) is 4.22. The first-order valence-corrected chi connectivity index (χ1v) is 8.50. The molecule has 1 heterocycles. The fourth-order valence-corrected chi connectivity index (χ4v) is 4.14. The third-order valence-corrected chi connectivity index (χ3v) is 5.69. The third kappa shape index (κ3) is 3.34. The second kappa shape index (κ2) is 5.63. The van der Waals surface area contributed by atoms with E-state index in [1.807, 2.05) is 0 Å². The second-order valence-corrected chi connectivity index (χ2v) is 7.52. The number of nitrogens with two attached hydrogens (primary N) is 1. The van der Waals surface area contributed by atoms with Crippen molar-refractivity contribution in [2.24, 2.45) is 0 Å². The van der Waals surface area contributed by atoms with Crippen LogP contribution in [-0.2, 0) is 15.6 Å². The number of rotatable bonds is 5. The van der Waals surface area contributed by atoms with Crippen LogP contribution in [0.5, 0.6) is 5.75 Å². The molecule has 114 valence electrons. The minimum absolute atomic E-state index is 0.0212. The number of nitrogen functional groups attached to an aromatic ring is 1. The van der Waals surface area contributed by atoms with Crippen molar-refractivity contribution < 1.29 is 13.2 Å². The van der Waals surface area contributed by atoms with Crippen molar-refractivity contribution in [3.8, 4) is 5.75 Å². The number of thiazole rings is 1. The van der Waals surface area contributed by atoms with Crippen LogP contribution >= 0.6 is 11.3 Å². The molecule has 0 spiro atoms. The lowest BCUT2D eigenvalue weighted by molar-refractivity contribution is 0.414. The highest BCUT2D eigenvalue weighted by Gasteiger charge is 2.31.